The van der Waals surface area contributed by atoms with Crippen molar-refractivity contribution in [1.29, 1.82) is 0 Å². The highest BCUT2D eigenvalue weighted by Gasteiger charge is 2.16. The summed E-state index contributed by atoms with van der Waals surface area (Å²) in [6, 6.07) is 7.08. The van der Waals surface area contributed by atoms with Gasteiger partial charge in [0.15, 0.2) is 0 Å². The quantitative estimate of drug-likeness (QED) is 0.804. The van der Waals surface area contributed by atoms with Gasteiger partial charge in [0, 0.05) is 37.5 Å². The average molecular weight is 272 g/mol. The third-order valence-corrected chi connectivity index (χ3v) is 3.72. The minimum atomic E-state index is -0.247. The van der Waals surface area contributed by atoms with E-state index >= 15 is 0 Å². The van der Waals surface area contributed by atoms with E-state index in [9.17, 15) is 4.39 Å². The fourth-order valence-electron chi connectivity index (χ4n) is 2.62. The lowest BCUT2D eigenvalue weighted by Crippen LogP contribution is -2.17. The maximum Gasteiger partial charge on any atom is 0.150 e. The van der Waals surface area contributed by atoms with Crippen LogP contribution < -0.4 is 4.90 Å². The molecule has 1 fully saturated rings. The summed E-state index contributed by atoms with van der Waals surface area (Å²) in [5, 5.41) is 4.27. The normalized spacial score (nSPS) is 14.8. The highest BCUT2D eigenvalue weighted by Crippen LogP contribution is 2.29. The molecule has 0 radical (unpaired) electrons. The molecule has 2 heterocycles. The Morgan fingerprint density at radius 2 is 2.00 bits per heavy atom. The zero-order chi connectivity index (χ0) is 14.1. The Kier molecular flexibility index (Phi) is 3.26. The minimum absolute atomic E-state index is 0.247. The largest absolute Gasteiger partial charge is 0.371 e. The first-order valence-corrected chi connectivity index (χ1v) is 6.74. The summed E-state index contributed by atoms with van der Waals surface area (Å²) in [4.78, 5) is 6.06. The van der Waals surface area contributed by atoms with Gasteiger partial charge in [-0.2, -0.15) is 5.10 Å². The smallest absolute Gasteiger partial charge is 0.150 e. The molecule has 0 amide bonds. The third kappa shape index (κ3) is 2.19. The van der Waals surface area contributed by atoms with Crippen LogP contribution in [0.2, 0.25) is 0 Å². The van der Waals surface area contributed by atoms with Crippen LogP contribution in [-0.4, -0.2) is 29.6 Å². The number of benzene rings is 1. The molecule has 1 aromatic carbocycles. The summed E-state index contributed by atoms with van der Waals surface area (Å²) < 4.78 is 15.9. The Labute approximate surface area is 117 Å². The third-order valence-electron chi connectivity index (χ3n) is 3.72. The van der Waals surface area contributed by atoms with E-state index in [2.05, 4.69) is 21.7 Å². The monoisotopic (exact) mass is 272 g/mol. The molecule has 0 atom stereocenters. The Morgan fingerprint density at radius 3 is 2.60 bits per heavy atom. The van der Waals surface area contributed by atoms with Crippen molar-refractivity contribution < 1.29 is 4.39 Å². The number of hydrogen-bond acceptors (Lipinski definition) is 3. The molecule has 0 N–H and O–H groups in total. The van der Waals surface area contributed by atoms with Gasteiger partial charge in [0.1, 0.15) is 11.6 Å². The molecule has 5 heteroatoms. The van der Waals surface area contributed by atoms with E-state index in [0.717, 1.165) is 18.8 Å². The lowest BCUT2D eigenvalue weighted by atomic mass is 10.1. The van der Waals surface area contributed by atoms with Gasteiger partial charge in [0.25, 0.3) is 0 Å². The standard InChI is InChI=1S/C15H17FN4/c1-17-15-10-14(18-19(15)2)12-6-5-11(9-13(12)16)20-7-3-4-8-20/h5-6,9-10H,1,3-4,7-8H2,2H3. The summed E-state index contributed by atoms with van der Waals surface area (Å²) in [7, 11) is 1.77. The van der Waals surface area contributed by atoms with Crippen molar-refractivity contribution in [2.45, 2.75) is 12.8 Å². The summed E-state index contributed by atoms with van der Waals surface area (Å²) in [5.74, 6) is 0.381. The van der Waals surface area contributed by atoms with E-state index in [4.69, 9.17) is 0 Å². The maximum atomic E-state index is 14.3. The van der Waals surface area contributed by atoms with Crippen LogP contribution in [0.1, 0.15) is 12.8 Å². The Balaban J connectivity index is 1.95. The van der Waals surface area contributed by atoms with E-state index < -0.39 is 0 Å². The molecule has 0 saturated carbocycles. The van der Waals surface area contributed by atoms with Crippen molar-refractivity contribution >= 4 is 18.2 Å². The summed E-state index contributed by atoms with van der Waals surface area (Å²) in [6.45, 7) is 5.49. The second-order valence-electron chi connectivity index (χ2n) is 5.03. The van der Waals surface area contributed by atoms with Gasteiger partial charge < -0.3 is 4.90 Å². The molecule has 1 aromatic heterocycles. The predicted molar refractivity (Wildman–Crippen MR) is 79.3 cm³/mol. The molecule has 0 spiro atoms. The van der Waals surface area contributed by atoms with Crippen molar-refractivity contribution in [3.05, 3.63) is 30.1 Å². The van der Waals surface area contributed by atoms with Crippen molar-refractivity contribution in [2.24, 2.45) is 12.0 Å². The second-order valence-corrected chi connectivity index (χ2v) is 5.03. The van der Waals surface area contributed by atoms with E-state index in [0.29, 0.717) is 17.1 Å². The molecule has 3 rings (SSSR count). The minimum Gasteiger partial charge on any atom is -0.371 e. The highest BCUT2D eigenvalue weighted by atomic mass is 19.1. The first kappa shape index (κ1) is 12.8. The Morgan fingerprint density at radius 1 is 1.25 bits per heavy atom. The molecular formula is C15H17FN4. The van der Waals surface area contributed by atoms with Crippen LogP contribution in [0.25, 0.3) is 11.3 Å². The van der Waals surface area contributed by atoms with E-state index in [1.165, 1.54) is 12.8 Å². The van der Waals surface area contributed by atoms with Crippen LogP contribution >= 0.6 is 0 Å². The highest BCUT2D eigenvalue weighted by molar-refractivity contribution is 5.66. The molecule has 104 valence electrons. The van der Waals surface area contributed by atoms with Crippen LogP contribution in [0, 0.1) is 5.82 Å². The van der Waals surface area contributed by atoms with Crippen molar-refractivity contribution in [3.63, 3.8) is 0 Å². The van der Waals surface area contributed by atoms with Gasteiger partial charge in [-0.05, 0) is 37.8 Å². The average Bonchev–Trinajstić information content (AvgIpc) is 3.07. The van der Waals surface area contributed by atoms with Crippen LogP contribution in [-0.2, 0) is 7.05 Å². The van der Waals surface area contributed by atoms with Crippen molar-refractivity contribution in [3.8, 4) is 11.3 Å². The molecule has 20 heavy (non-hydrogen) atoms. The maximum absolute atomic E-state index is 14.3. The molecule has 0 unspecified atom stereocenters. The molecule has 1 aliphatic rings. The van der Waals surface area contributed by atoms with Gasteiger partial charge in [-0.15, -0.1) is 0 Å². The second kappa shape index (κ2) is 5.07. The lowest BCUT2D eigenvalue weighted by Gasteiger charge is -2.17. The molecule has 0 bridgehead atoms. The van der Waals surface area contributed by atoms with Crippen molar-refractivity contribution in [2.75, 3.05) is 18.0 Å². The number of aliphatic imine (C=N–C) groups is 1. The summed E-state index contributed by atoms with van der Waals surface area (Å²) in [6.07, 6.45) is 2.36. The number of hydrogen-bond donors (Lipinski definition) is 0. The summed E-state index contributed by atoms with van der Waals surface area (Å²) >= 11 is 0. The number of halogens is 1. The number of aromatic nitrogens is 2. The number of rotatable bonds is 3. The molecule has 1 aliphatic heterocycles. The molecular weight excluding hydrogens is 255 g/mol. The van der Waals surface area contributed by atoms with E-state index in [1.807, 2.05) is 6.07 Å². The van der Waals surface area contributed by atoms with Gasteiger partial charge >= 0.3 is 0 Å². The van der Waals surface area contributed by atoms with Crippen molar-refractivity contribution in [1.82, 2.24) is 9.78 Å². The van der Waals surface area contributed by atoms with Crippen LogP contribution in [0.3, 0.4) is 0 Å². The van der Waals surface area contributed by atoms with E-state index in [-0.39, 0.29) is 5.82 Å². The van der Waals surface area contributed by atoms with E-state index in [1.54, 1.807) is 29.9 Å². The number of anilines is 1. The van der Waals surface area contributed by atoms with Gasteiger partial charge in [-0.3, -0.25) is 4.68 Å². The number of aryl methyl sites for hydroxylation is 1. The molecule has 1 saturated heterocycles. The first-order chi connectivity index (χ1) is 9.69. The lowest BCUT2D eigenvalue weighted by molar-refractivity contribution is 0.629. The van der Waals surface area contributed by atoms with Crippen LogP contribution in [0.15, 0.2) is 29.3 Å². The van der Waals surface area contributed by atoms with Gasteiger partial charge in [0.2, 0.25) is 0 Å². The fraction of sp³-hybridized carbons (Fsp3) is 0.333. The molecule has 2 aromatic rings. The van der Waals surface area contributed by atoms with Crippen LogP contribution in [0.4, 0.5) is 15.9 Å². The zero-order valence-electron chi connectivity index (χ0n) is 11.5. The molecule has 4 nitrogen and oxygen atoms in total. The van der Waals surface area contributed by atoms with Crippen LogP contribution in [0.5, 0.6) is 0 Å². The van der Waals surface area contributed by atoms with Gasteiger partial charge in [0.05, 0.1) is 5.69 Å². The predicted octanol–water partition coefficient (Wildman–Crippen LogP) is 3.16. The Bertz CT molecular complexity index is 641. The molecule has 0 aliphatic carbocycles. The topological polar surface area (TPSA) is 33.4 Å². The summed E-state index contributed by atoms with van der Waals surface area (Å²) in [5.41, 5.74) is 2.03. The number of nitrogens with zero attached hydrogens (tertiary/aromatic N) is 4. The van der Waals surface area contributed by atoms with Gasteiger partial charge in [-0.1, -0.05) is 0 Å². The SMILES string of the molecule is C=Nc1cc(-c2ccc(N3CCCC3)cc2F)nn1C. The first-order valence-electron chi connectivity index (χ1n) is 6.74. The fourth-order valence-corrected chi connectivity index (χ4v) is 2.62. The Hall–Kier alpha value is -2.17. The zero-order valence-corrected chi connectivity index (χ0v) is 11.5. The van der Waals surface area contributed by atoms with Gasteiger partial charge in [-0.25, -0.2) is 9.38 Å².